The van der Waals surface area contributed by atoms with Crippen molar-refractivity contribution in [3.8, 4) is 0 Å². The van der Waals surface area contributed by atoms with E-state index < -0.39 is 9.84 Å². The zero-order valence-electron chi connectivity index (χ0n) is 15.0. The third kappa shape index (κ3) is 5.57. The van der Waals surface area contributed by atoms with Crippen LogP contribution in [-0.2, 0) is 19.4 Å². The van der Waals surface area contributed by atoms with Crippen molar-refractivity contribution in [1.29, 1.82) is 0 Å². The Kier molecular flexibility index (Phi) is 7.73. The molecule has 0 radical (unpaired) electrons. The first-order valence-electron chi connectivity index (χ1n) is 9.46. The van der Waals surface area contributed by atoms with Gasteiger partial charge in [0.05, 0.1) is 11.5 Å². The summed E-state index contributed by atoms with van der Waals surface area (Å²) in [5, 5.41) is 9.27. The Bertz CT molecular complexity index is 607. The van der Waals surface area contributed by atoms with Crippen LogP contribution < -0.4 is 16.0 Å². The van der Waals surface area contributed by atoms with Crippen molar-refractivity contribution in [3.63, 3.8) is 0 Å². The molecule has 2 saturated heterocycles. The number of nitrogens with one attached hydrogen (secondary N) is 3. The number of carbonyl (C=O) groups is 2. The van der Waals surface area contributed by atoms with Crippen LogP contribution in [0.1, 0.15) is 44.9 Å². The van der Waals surface area contributed by atoms with Gasteiger partial charge in [-0.05, 0) is 38.6 Å². The first-order chi connectivity index (χ1) is 11.9. The van der Waals surface area contributed by atoms with E-state index in [-0.39, 0.29) is 59.6 Å². The molecule has 2 aliphatic heterocycles. The first-order valence-corrected chi connectivity index (χ1v) is 11.3. The van der Waals surface area contributed by atoms with Gasteiger partial charge in [-0.2, -0.15) is 0 Å². The van der Waals surface area contributed by atoms with Crippen LogP contribution in [0.2, 0.25) is 0 Å². The Morgan fingerprint density at radius 2 is 1.46 bits per heavy atom. The summed E-state index contributed by atoms with van der Waals surface area (Å²) in [5.41, 5.74) is 0. The van der Waals surface area contributed by atoms with Crippen LogP contribution in [0.25, 0.3) is 0 Å². The summed E-state index contributed by atoms with van der Waals surface area (Å²) >= 11 is 0. The first kappa shape index (κ1) is 21.4. The standard InChI is InChI=1S/C17H29N3O4S.ClH/c21-16(19-12-4-3-8-18-10-12)14-5-1-2-6-15(14)17(22)20-13-7-9-25(23,24)11-13;/h12-15,18H,1-11H2,(H,19,21)(H,20,22);1H/t12-,13?,14?,15?;/m0./s1. The number of piperidine rings is 1. The van der Waals surface area contributed by atoms with E-state index in [0.717, 1.165) is 45.2 Å². The molecule has 0 aromatic heterocycles. The van der Waals surface area contributed by atoms with Crippen molar-refractivity contribution >= 4 is 34.1 Å². The third-order valence-corrected chi connectivity index (χ3v) is 7.43. The second-order valence-electron chi connectivity index (χ2n) is 7.66. The van der Waals surface area contributed by atoms with E-state index >= 15 is 0 Å². The van der Waals surface area contributed by atoms with E-state index in [1.165, 1.54) is 0 Å². The highest BCUT2D eigenvalue weighted by Crippen LogP contribution is 2.31. The SMILES string of the molecule is Cl.O=C(NC1CCS(=O)(=O)C1)C1CCCCC1C(=O)N[C@H]1CCCNC1. The number of halogens is 1. The maximum absolute atomic E-state index is 12.7. The fraction of sp³-hybridized carbons (Fsp3) is 0.882. The van der Waals surface area contributed by atoms with Crippen LogP contribution in [0.5, 0.6) is 0 Å². The minimum Gasteiger partial charge on any atom is -0.352 e. The highest BCUT2D eigenvalue weighted by molar-refractivity contribution is 7.91. The van der Waals surface area contributed by atoms with Gasteiger partial charge in [0.15, 0.2) is 9.84 Å². The monoisotopic (exact) mass is 407 g/mol. The summed E-state index contributed by atoms with van der Waals surface area (Å²) in [6.07, 6.45) is 5.83. The number of hydrogen-bond donors (Lipinski definition) is 3. The Morgan fingerprint density at radius 3 is 1.96 bits per heavy atom. The Balaban J connectivity index is 0.00000243. The summed E-state index contributed by atoms with van der Waals surface area (Å²) < 4.78 is 23.1. The molecule has 4 atom stereocenters. The lowest BCUT2D eigenvalue weighted by Gasteiger charge is -2.32. The molecule has 3 fully saturated rings. The summed E-state index contributed by atoms with van der Waals surface area (Å²) in [7, 11) is -3.02. The summed E-state index contributed by atoms with van der Waals surface area (Å²) in [6, 6.07) is -0.155. The van der Waals surface area contributed by atoms with Crippen LogP contribution in [-0.4, -0.2) is 56.9 Å². The van der Waals surface area contributed by atoms with E-state index in [0.29, 0.717) is 12.8 Å². The predicted molar refractivity (Wildman–Crippen MR) is 102 cm³/mol. The molecule has 1 aliphatic carbocycles. The van der Waals surface area contributed by atoms with Crippen molar-refractivity contribution in [2.75, 3.05) is 24.6 Å². The minimum atomic E-state index is -3.02. The Labute approximate surface area is 161 Å². The molecule has 150 valence electrons. The van der Waals surface area contributed by atoms with Crippen molar-refractivity contribution in [3.05, 3.63) is 0 Å². The molecular formula is C17H30ClN3O4S. The molecule has 0 aromatic rings. The van der Waals surface area contributed by atoms with Gasteiger partial charge in [0.2, 0.25) is 11.8 Å². The van der Waals surface area contributed by atoms with Crippen LogP contribution in [0.4, 0.5) is 0 Å². The van der Waals surface area contributed by atoms with Crippen molar-refractivity contribution in [2.45, 2.75) is 57.0 Å². The van der Waals surface area contributed by atoms with Gasteiger partial charge in [-0.1, -0.05) is 12.8 Å². The molecule has 0 bridgehead atoms. The molecule has 3 aliphatic rings. The lowest BCUT2D eigenvalue weighted by atomic mass is 9.77. The smallest absolute Gasteiger partial charge is 0.224 e. The zero-order valence-corrected chi connectivity index (χ0v) is 16.7. The summed E-state index contributed by atoms with van der Waals surface area (Å²) in [4.78, 5) is 25.4. The van der Waals surface area contributed by atoms with Crippen molar-refractivity contribution in [2.24, 2.45) is 11.8 Å². The second-order valence-corrected chi connectivity index (χ2v) is 9.89. The van der Waals surface area contributed by atoms with E-state index in [1.54, 1.807) is 0 Å². The molecule has 3 N–H and O–H groups in total. The zero-order chi connectivity index (χ0) is 17.9. The number of hydrogen-bond acceptors (Lipinski definition) is 5. The summed E-state index contributed by atoms with van der Waals surface area (Å²) in [6.45, 7) is 1.78. The highest BCUT2D eigenvalue weighted by Gasteiger charge is 2.38. The molecule has 9 heteroatoms. The average Bonchev–Trinajstić information content (AvgIpc) is 2.94. The number of rotatable bonds is 4. The van der Waals surface area contributed by atoms with E-state index in [1.807, 2.05) is 0 Å². The maximum atomic E-state index is 12.7. The topological polar surface area (TPSA) is 104 Å². The molecule has 3 rings (SSSR count). The van der Waals surface area contributed by atoms with Gasteiger partial charge >= 0.3 is 0 Å². The molecule has 0 aromatic carbocycles. The molecular weight excluding hydrogens is 378 g/mol. The van der Waals surface area contributed by atoms with E-state index in [4.69, 9.17) is 0 Å². The average molecular weight is 408 g/mol. The fourth-order valence-electron chi connectivity index (χ4n) is 4.26. The largest absolute Gasteiger partial charge is 0.352 e. The number of carbonyl (C=O) groups excluding carboxylic acids is 2. The van der Waals surface area contributed by atoms with E-state index in [2.05, 4.69) is 16.0 Å². The third-order valence-electron chi connectivity index (χ3n) is 5.66. The van der Waals surface area contributed by atoms with Crippen molar-refractivity contribution in [1.82, 2.24) is 16.0 Å². The second kappa shape index (κ2) is 9.37. The lowest BCUT2D eigenvalue weighted by molar-refractivity contribution is -0.137. The van der Waals surface area contributed by atoms with Gasteiger partial charge in [-0.15, -0.1) is 12.4 Å². The van der Waals surface area contributed by atoms with Crippen LogP contribution >= 0.6 is 12.4 Å². The van der Waals surface area contributed by atoms with Gasteiger partial charge in [0.1, 0.15) is 0 Å². The molecule has 2 amide bonds. The maximum Gasteiger partial charge on any atom is 0.224 e. The van der Waals surface area contributed by atoms with Crippen LogP contribution in [0, 0.1) is 11.8 Å². The summed E-state index contributed by atoms with van der Waals surface area (Å²) in [5.74, 6) is -0.643. The molecule has 3 unspecified atom stereocenters. The van der Waals surface area contributed by atoms with Crippen LogP contribution in [0.3, 0.4) is 0 Å². The van der Waals surface area contributed by atoms with Gasteiger partial charge in [0.25, 0.3) is 0 Å². The van der Waals surface area contributed by atoms with Crippen LogP contribution in [0.15, 0.2) is 0 Å². The van der Waals surface area contributed by atoms with E-state index in [9.17, 15) is 18.0 Å². The molecule has 26 heavy (non-hydrogen) atoms. The minimum absolute atomic E-state index is 0. The quantitative estimate of drug-likeness (QED) is 0.625. The highest BCUT2D eigenvalue weighted by atomic mass is 35.5. The molecule has 2 heterocycles. The predicted octanol–water partition coefficient (Wildman–Crippen LogP) is 0.386. The van der Waals surface area contributed by atoms with Gasteiger partial charge in [-0.3, -0.25) is 9.59 Å². The number of amides is 2. The van der Waals surface area contributed by atoms with Crippen molar-refractivity contribution < 1.29 is 18.0 Å². The number of sulfone groups is 1. The Morgan fingerprint density at radius 1 is 0.846 bits per heavy atom. The molecule has 0 spiro atoms. The lowest BCUT2D eigenvalue weighted by Crippen LogP contribution is -2.51. The molecule has 7 nitrogen and oxygen atoms in total. The van der Waals surface area contributed by atoms with Gasteiger partial charge < -0.3 is 16.0 Å². The van der Waals surface area contributed by atoms with Gasteiger partial charge in [-0.25, -0.2) is 8.42 Å². The fourth-order valence-corrected chi connectivity index (χ4v) is 5.93. The van der Waals surface area contributed by atoms with Gasteiger partial charge in [0, 0.05) is 30.5 Å². The normalized spacial score (nSPS) is 33.7. The molecule has 1 saturated carbocycles. The Hall–Kier alpha value is -0.860.